The molecule has 0 aliphatic carbocycles. The van der Waals surface area contributed by atoms with Gasteiger partial charge in [0.05, 0.1) is 22.5 Å². The van der Waals surface area contributed by atoms with Gasteiger partial charge in [0.25, 0.3) is 0 Å². The number of esters is 1. The summed E-state index contributed by atoms with van der Waals surface area (Å²) in [5, 5.41) is 3.15. The highest BCUT2D eigenvalue weighted by atomic mass is 35.5. The first kappa shape index (κ1) is 13.6. The molecule has 21 heavy (non-hydrogen) atoms. The molecule has 3 aromatic rings. The number of carbonyl (C=O) groups is 1. The van der Waals surface area contributed by atoms with Crippen LogP contribution in [0.4, 0.5) is 0 Å². The van der Waals surface area contributed by atoms with E-state index in [0.29, 0.717) is 22.2 Å². The number of aryl methyl sites for hydroxylation is 1. The quantitative estimate of drug-likeness (QED) is 0.434. The molecule has 1 N–H and O–H groups in total. The van der Waals surface area contributed by atoms with E-state index < -0.39 is 5.97 Å². The summed E-state index contributed by atoms with van der Waals surface area (Å²) < 4.78 is 5.11. The lowest BCUT2D eigenvalue weighted by molar-refractivity contribution is 0.0629. The second kappa shape index (κ2) is 4.90. The highest BCUT2D eigenvalue weighted by molar-refractivity contribution is 6.30. The number of H-pyrrole nitrogens is 1. The number of halogens is 1. The summed E-state index contributed by atoms with van der Waals surface area (Å²) in [6, 6.07) is 5.59. The molecule has 4 nitrogen and oxygen atoms in total. The van der Waals surface area contributed by atoms with Crippen LogP contribution in [0.15, 0.2) is 36.7 Å². The third-order valence-corrected chi connectivity index (χ3v) is 3.49. The van der Waals surface area contributed by atoms with Crippen molar-refractivity contribution in [3.63, 3.8) is 0 Å². The number of nitrogens with zero attached hydrogens (tertiary/aromatic N) is 1. The number of aromatic nitrogens is 2. The molecule has 0 bridgehead atoms. The van der Waals surface area contributed by atoms with E-state index in [9.17, 15) is 4.79 Å². The standard InChI is InChI=1S/C16H13ClN2O2/c1-8(2)21-16(20)14-9(3)19-15-11(14)5-4-10-7-18-13(17)6-12(10)15/h4-7,18H,1H2,2-3H3. The van der Waals surface area contributed by atoms with Gasteiger partial charge in [-0.1, -0.05) is 30.3 Å². The third-order valence-electron chi connectivity index (χ3n) is 3.27. The van der Waals surface area contributed by atoms with Crippen molar-refractivity contribution in [1.29, 1.82) is 0 Å². The first-order valence-corrected chi connectivity index (χ1v) is 6.80. The fourth-order valence-electron chi connectivity index (χ4n) is 2.42. The van der Waals surface area contributed by atoms with E-state index in [-0.39, 0.29) is 0 Å². The molecule has 3 rings (SSSR count). The number of ether oxygens (including phenoxy) is 1. The van der Waals surface area contributed by atoms with Gasteiger partial charge >= 0.3 is 5.97 Å². The van der Waals surface area contributed by atoms with Crippen molar-refractivity contribution in [2.75, 3.05) is 0 Å². The van der Waals surface area contributed by atoms with E-state index in [1.807, 2.05) is 18.3 Å². The number of carbonyl (C=O) groups excluding carboxylic acids is 1. The number of rotatable bonds is 2. The second-order valence-electron chi connectivity index (χ2n) is 4.91. The number of pyridine rings is 1. The molecule has 5 heteroatoms. The molecule has 0 atom stereocenters. The molecule has 0 unspecified atom stereocenters. The number of allylic oxidation sites excluding steroid dienone is 1. The van der Waals surface area contributed by atoms with E-state index in [2.05, 4.69) is 16.5 Å². The molecule has 0 aliphatic rings. The molecule has 0 amide bonds. The molecule has 0 aliphatic heterocycles. The van der Waals surface area contributed by atoms with Gasteiger partial charge in [-0.2, -0.15) is 0 Å². The highest BCUT2D eigenvalue weighted by Gasteiger charge is 2.20. The molecule has 2 heterocycles. The van der Waals surface area contributed by atoms with Crippen molar-refractivity contribution in [2.24, 2.45) is 0 Å². The molecule has 1 aromatic carbocycles. The van der Waals surface area contributed by atoms with Crippen LogP contribution in [0.2, 0.25) is 5.15 Å². The van der Waals surface area contributed by atoms with Crippen molar-refractivity contribution in [2.45, 2.75) is 13.8 Å². The summed E-state index contributed by atoms with van der Waals surface area (Å²) in [5.74, 6) is -0.0809. The molecular formula is C16H13ClN2O2. The van der Waals surface area contributed by atoms with E-state index >= 15 is 0 Å². The van der Waals surface area contributed by atoms with Crippen molar-refractivity contribution >= 4 is 39.2 Å². The van der Waals surface area contributed by atoms with Gasteiger partial charge in [0.1, 0.15) is 5.15 Å². The number of nitrogens with one attached hydrogen (secondary N) is 1. The third kappa shape index (κ3) is 2.28. The summed E-state index contributed by atoms with van der Waals surface area (Å²) in [5.41, 5.74) is 1.85. The summed E-state index contributed by atoms with van der Waals surface area (Å²) in [6.45, 7) is 7.02. The lowest BCUT2D eigenvalue weighted by atomic mass is 10.1. The van der Waals surface area contributed by atoms with Crippen LogP contribution in [0.3, 0.4) is 0 Å². The number of fused-ring (bicyclic) bond motifs is 3. The molecule has 0 saturated heterocycles. The topological polar surface area (TPSA) is 55.0 Å². The highest BCUT2D eigenvalue weighted by Crippen LogP contribution is 2.30. The maximum absolute atomic E-state index is 12.2. The second-order valence-corrected chi connectivity index (χ2v) is 5.32. The van der Waals surface area contributed by atoms with Crippen LogP contribution in [-0.2, 0) is 4.74 Å². The van der Waals surface area contributed by atoms with Gasteiger partial charge < -0.3 is 9.72 Å². The Labute approximate surface area is 126 Å². The first-order chi connectivity index (χ1) is 9.97. The molecule has 2 aromatic heterocycles. The van der Waals surface area contributed by atoms with Gasteiger partial charge in [-0.05, 0) is 19.9 Å². The molecule has 0 spiro atoms. The summed E-state index contributed by atoms with van der Waals surface area (Å²) >= 11 is 6.01. The van der Waals surface area contributed by atoms with E-state index in [0.717, 1.165) is 21.7 Å². The minimum Gasteiger partial charge on any atom is -0.428 e. The van der Waals surface area contributed by atoms with Crippen LogP contribution < -0.4 is 0 Å². The predicted molar refractivity (Wildman–Crippen MR) is 83.6 cm³/mol. The Hall–Kier alpha value is -2.33. The number of hydrogen-bond donors (Lipinski definition) is 1. The lowest BCUT2D eigenvalue weighted by Crippen LogP contribution is -2.04. The van der Waals surface area contributed by atoms with Crippen molar-refractivity contribution in [1.82, 2.24) is 9.97 Å². The van der Waals surface area contributed by atoms with Gasteiger partial charge in [0.15, 0.2) is 0 Å². The zero-order chi connectivity index (χ0) is 15.1. The normalized spacial score (nSPS) is 11.0. The first-order valence-electron chi connectivity index (χ1n) is 6.42. The summed E-state index contributed by atoms with van der Waals surface area (Å²) in [4.78, 5) is 19.7. The Morgan fingerprint density at radius 3 is 2.86 bits per heavy atom. The van der Waals surface area contributed by atoms with Crippen LogP contribution in [0.25, 0.3) is 21.7 Å². The molecule has 0 radical (unpaired) electrons. The number of benzene rings is 1. The number of aromatic amines is 1. The average molecular weight is 301 g/mol. The van der Waals surface area contributed by atoms with Crippen LogP contribution >= 0.6 is 11.6 Å². The lowest BCUT2D eigenvalue weighted by Gasteiger charge is -2.03. The molecular weight excluding hydrogens is 288 g/mol. The SMILES string of the molecule is C=C(C)OC(=O)c1c(C)nc2c1ccc1c[nH]c(Cl)cc12. The zero-order valence-electron chi connectivity index (χ0n) is 11.7. The Morgan fingerprint density at radius 1 is 1.38 bits per heavy atom. The van der Waals surface area contributed by atoms with Crippen LogP contribution in [0.5, 0.6) is 0 Å². The monoisotopic (exact) mass is 300 g/mol. The molecule has 106 valence electrons. The number of hydrogen-bond acceptors (Lipinski definition) is 3. The Balaban J connectivity index is 2.30. The molecule has 0 fully saturated rings. The van der Waals surface area contributed by atoms with E-state index in [1.165, 1.54) is 0 Å². The summed E-state index contributed by atoms with van der Waals surface area (Å²) in [7, 11) is 0. The smallest absolute Gasteiger partial charge is 0.345 e. The largest absolute Gasteiger partial charge is 0.428 e. The Kier molecular flexibility index (Phi) is 3.18. The van der Waals surface area contributed by atoms with Gasteiger partial charge in [0, 0.05) is 22.4 Å². The van der Waals surface area contributed by atoms with Crippen LogP contribution in [0.1, 0.15) is 23.0 Å². The van der Waals surface area contributed by atoms with Gasteiger partial charge in [-0.3, -0.25) is 4.98 Å². The van der Waals surface area contributed by atoms with Gasteiger partial charge in [0.2, 0.25) is 0 Å². The Bertz CT molecular complexity index is 896. The van der Waals surface area contributed by atoms with Gasteiger partial charge in [-0.15, -0.1) is 0 Å². The minimum absolute atomic E-state index is 0.354. The minimum atomic E-state index is -0.435. The van der Waals surface area contributed by atoms with Gasteiger partial charge in [-0.25, -0.2) is 4.79 Å². The van der Waals surface area contributed by atoms with Crippen LogP contribution in [0, 0.1) is 6.92 Å². The zero-order valence-corrected chi connectivity index (χ0v) is 12.4. The molecule has 0 saturated carbocycles. The fraction of sp³-hybridized carbons (Fsp3) is 0.125. The fourth-order valence-corrected chi connectivity index (χ4v) is 2.59. The summed E-state index contributed by atoms with van der Waals surface area (Å²) in [6.07, 6.45) is 1.81. The average Bonchev–Trinajstić information content (AvgIpc) is 2.74. The van der Waals surface area contributed by atoms with Crippen molar-refractivity contribution in [3.05, 3.63) is 53.1 Å². The maximum Gasteiger partial charge on any atom is 0.345 e. The van der Waals surface area contributed by atoms with Crippen molar-refractivity contribution in [3.8, 4) is 0 Å². The van der Waals surface area contributed by atoms with Crippen LogP contribution in [-0.4, -0.2) is 15.9 Å². The van der Waals surface area contributed by atoms with E-state index in [4.69, 9.17) is 16.3 Å². The van der Waals surface area contributed by atoms with Crippen molar-refractivity contribution < 1.29 is 9.53 Å². The van der Waals surface area contributed by atoms with E-state index in [1.54, 1.807) is 19.9 Å². The maximum atomic E-state index is 12.2. The predicted octanol–water partition coefficient (Wildman–Crippen LogP) is 4.37. The Morgan fingerprint density at radius 2 is 2.14 bits per heavy atom.